The lowest BCUT2D eigenvalue weighted by atomic mass is 9.82. The first-order valence-corrected chi connectivity index (χ1v) is 20.8. The molecule has 4 aliphatic carbocycles. The molecule has 3 fully saturated rings. The first kappa shape index (κ1) is 32.4. The van der Waals surface area contributed by atoms with Crippen molar-refractivity contribution < 1.29 is 0 Å². The van der Waals surface area contributed by atoms with Crippen LogP contribution < -0.4 is 4.90 Å². The Bertz CT molecular complexity index is 2510. The highest BCUT2D eigenvalue weighted by molar-refractivity contribution is 6.18. The van der Waals surface area contributed by atoms with Crippen molar-refractivity contribution in [2.75, 3.05) is 4.90 Å². The van der Waals surface area contributed by atoms with E-state index >= 15 is 0 Å². The van der Waals surface area contributed by atoms with Crippen molar-refractivity contribution in [2.24, 2.45) is 11.8 Å². The number of anilines is 3. The maximum atomic E-state index is 2.52. The van der Waals surface area contributed by atoms with Crippen LogP contribution in [-0.4, -0.2) is 4.57 Å². The third kappa shape index (κ3) is 4.98. The number of aromatic nitrogens is 1. The molecule has 1 aromatic heterocycles. The van der Waals surface area contributed by atoms with Crippen molar-refractivity contribution in [3.8, 4) is 16.8 Å². The van der Waals surface area contributed by atoms with E-state index in [4.69, 9.17) is 0 Å². The van der Waals surface area contributed by atoms with Crippen LogP contribution in [0.3, 0.4) is 0 Å². The molecule has 0 aliphatic heterocycles. The van der Waals surface area contributed by atoms with Crippen LogP contribution in [0.1, 0.15) is 106 Å². The van der Waals surface area contributed by atoms with Crippen molar-refractivity contribution in [2.45, 2.75) is 88.9 Å². The molecule has 0 radical (unpaired) electrons. The summed E-state index contributed by atoms with van der Waals surface area (Å²) in [4.78, 5) is 2.52. The van der Waals surface area contributed by atoms with Gasteiger partial charge in [-0.1, -0.05) is 112 Å². The van der Waals surface area contributed by atoms with E-state index in [1.807, 2.05) is 0 Å². The van der Waals surface area contributed by atoms with Crippen molar-refractivity contribution >= 4 is 38.9 Å². The topological polar surface area (TPSA) is 8.17 Å². The highest BCUT2D eigenvalue weighted by Gasteiger charge is 2.41. The number of para-hydroxylation sites is 2. The molecular formula is C52H50N2. The lowest BCUT2D eigenvalue weighted by molar-refractivity contribution is 0.420. The molecule has 6 aromatic carbocycles. The van der Waals surface area contributed by atoms with Crippen LogP contribution in [-0.2, 0) is 5.41 Å². The van der Waals surface area contributed by atoms with E-state index < -0.39 is 0 Å². The molecule has 268 valence electrons. The maximum absolute atomic E-state index is 2.52. The Labute approximate surface area is 320 Å². The molecule has 0 amide bonds. The summed E-state index contributed by atoms with van der Waals surface area (Å²) < 4.78 is 2.45. The van der Waals surface area contributed by atoms with Crippen LogP contribution in [0.15, 0.2) is 133 Å². The molecule has 3 saturated carbocycles. The Morgan fingerprint density at radius 3 is 2.00 bits per heavy atom. The Balaban J connectivity index is 1.05. The van der Waals surface area contributed by atoms with E-state index in [0.29, 0.717) is 5.92 Å². The van der Waals surface area contributed by atoms with Gasteiger partial charge in [-0.2, -0.15) is 0 Å². The molecule has 11 rings (SSSR count). The second kappa shape index (κ2) is 12.5. The summed E-state index contributed by atoms with van der Waals surface area (Å²) >= 11 is 0. The van der Waals surface area contributed by atoms with Crippen LogP contribution in [0.25, 0.3) is 38.6 Å². The fourth-order valence-electron chi connectivity index (χ4n) is 11.6. The van der Waals surface area contributed by atoms with Crippen molar-refractivity contribution in [1.82, 2.24) is 4.57 Å². The summed E-state index contributed by atoms with van der Waals surface area (Å²) in [6, 6.07) is 51.3. The SMILES string of the molecule is CC1(C)c2cc(N(c3ccc(C4CCCCC4)cc3)c3ccc(C4CC5CCC4C5)cc3)ccc2-c2c1ccc1c2c2ccccc2n1-c1ccccc1. The maximum Gasteiger partial charge on any atom is 0.0547 e. The molecular weight excluding hydrogens is 653 g/mol. The van der Waals surface area contributed by atoms with Crippen LogP contribution in [0.5, 0.6) is 0 Å². The predicted octanol–water partition coefficient (Wildman–Crippen LogP) is 14.5. The zero-order valence-corrected chi connectivity index (χ0v) is 31.8. The van der Waals surface area contributed by atoms with Gasteiger partial charge in [-0.15, -0.1) is 0 Å². The summed E-state index contributed by atoms with van der Waals surface area (Å²) in [6.07, 6.45) is 12.5. The molecule has 2 nitrogen and oxygen atoms in total. The van der Waals surface area contributed by atoms with Gasteiger partial charge in [0.05, 0.1) is 11.0 Å². The van der Waals surface area contributed by atoms with Crippen LogP contribution >= 0.6 is 0 Å². The van der Waals surface area contributed by atoms with Gasteiger partial charge >= 0.3 is 0 Å². The number of rotatable bonds is 6. The standard InChI is InChI=1S/C52H50N2/c1-52(2)46-29-30-49-51(44-15-9-10-16-48(44)54(49)39-13-7-4-8-14-39)50(46)43-28-27-42(33-47(43)52)53(40-23-19-36(20-24-40)35-11-5-3-6-12-35)41-25-21-37(22-26-41)45-32-34-17-18-38(45)31-34/h4,7-10,13-16,19-30,33-35,38,45H,3,5-6,11-12,17-18,31-32H2,1-2H3. The normalized spacial score (nSPS) is 21.5. The Morgan fingerprint density at radius 1 is 0.574 bits per heavy atom. The lowest BCUT2D eigenvalue weighted by Crippen LogP contribution is -2.17. The highest BCUT2D eigenvalue weighted by atomic mass is 15.1. The average Bonchev–Trinajstić information content (AvgIpc) is 4.00. The second-order valence-corrected chi connectivity index (χ2v) is 17.6. The number of hydrogen-bond acceptors (Lipinski definition) is 1. The second-order valence-electron chi connectivity index (χ2n) is 17.6. The smallest absolute Gasteiger partial charge is 0.0547 e. The molecule has 4 aliphatic rings. The largest absolute Gasteiger partial charge is 0.310 e. The van der Waals surface area contributed by atoms with Crippen molar-refractivity contribution in [1.29, 1.82) is 0 Å². The Hall–Kier alpha value is -5.08. The zero-order valence-electron chi connectivity index (χ0n) is 31.8. The van der Waals surface area contributed by atoms with E-state index in [9.17, 15) is 0 Å². The minimum absolute atomic E-state index is 0.146. The van der Waals surface area contributed by atoms with Crippen LogP contribution in [0.2, 0.25) is 0 Å². The lowest BCUT2D eigenvalue weighted by Gasteiger charge is -2.29. The van der Waals surface area contributed by atoms with E-state index in [0.717, 1.165) is 17.8 Å². The molecule has 54 heavy (non-hydrogen) atoms. The van der Waals surface area contributed by atoms with Gasteiger partial charge < -0.3 is 9.47 Å². The molecule has 0 N–H and O–H groups in total. The van der Waals surface area contributed by atoms with Gasteiger partial charge in [0.15, 0.2) is 0 Å². The fourth-order valence-corrected chi connectivity index (χ4v) is 11.6. The molecule has 2 heteroatoms. The van der Waals surface area contributed by atoms with Gasteiger partial charge in [-0.3, -0.25) is 0 Å². The number of benzene rings is 6. The van der Waals surface area contributed by atoms with Gasteiger partial charge in [0, 0.05) is 38.9 Å². The van der Waals surface area contributed by atoms with E-state index in [1.54, 1.807) is 5.56 Å². The van der Waals surface area contributed by atoms with E-state index in [-0.39, 0.29) is 5.41 Å². The molecule has 7 aromatic rings. The van der Waals surface area contributed by atoms with Gasteiger partial charge in [0.25, 0.3) is 0 Å². The minimum Gasteiger partial charge on any atom is -0.310 e. The third-order valence-corrected chi connectivity index (χ3v) is 14.3. The Kier molecular flexibility index (Phi) is 7.48. The quantitative estimate of drug-likeness (QED) is 0.167. The monoisotopic (exact) mass is 702 g/mol. The summed E-state index contributed by atoms with van der Waals surface area (Å²) in [5, 5.41) is 2.68. The first-order chi connectivity index (χ1) is 26.5. The molecule has 3 unspecified atom stereocenters. The average molecular weight is 703 g/mol. The third-order valence-electron chi connectivity index (χ3n) is 14.3. The molecule has 2 bridgehead atoms. The molecule has 3 atom stereocenters. The van der Waals surface area contributed by atoms with Crippen LogP contribution in [0.4, 0.5) is 17.1 Å². The summed E-state index contributed by atoms with van der Waals surface area (Å²) in [5.41, 5.74) is 15.9. The van der Waals surface area contributed by atoms with Gasteiger partial charge in [-0.05, 0) is 150 Å². The Morgan fingerprint density at radius 2 is 1.28 bits per heavy atom. The van der Waals surface area contributed by atoms with Crippen molar-refractivity contribution in [3.05, 3.63) is 156 Å². The number of hydrogen-bond donors (Lipinski definition) is 0. The molecule has 1 heterocycles. The van der Waals surface area contributed by atoms with Gasteiger partial charge in [0.1, 0.15) is 0 Å². The fraction of sp³-hybridized carbons (Fsp3) is 0.308. The number of nitrogens with zero attached hydrogens (tertiary/aromatic N) is 2. The predicted molar refractivity (Wildman–Crippen MR) is 227 cm³/mol. The summed E-state index contributed by atoms with van der Waals surface area (Å²) in [7, 11) is 0. The summed E-state index contributed by atoms with van der Waals surface area (Å²) in [5.74, 6) is 3.28. The first-order valence-electron chi connectivity index (χ1n) is 20.8. The molecule has 0 saturated heterocycles. The zero-order chi connectivity index (χ0) is 36.0. The van der Waals surface area contributed by atoms with E-state index in [2.05, 4.69) is 157 Å². The van der Waals surface area contributed by atoms with E-state index in [1.165, 1.54) is 130 Å². The van der Waals surface area contributed by atoms with Crippen LogP contribution in [0, 0.1) is 11.8 Å². The minimum atomic E-state index is -0.146. The molecule has 0 spiro atoms. The van der Waals surface area contributed by atoms with Gasteiger partial charge in [-0.25, -0.2) is 0 Å². The summed E-state index contributed by atoms with van der Waals surface area (Å²) in [6.45, 7) is 4.86. The van der Waals surface area contributed by atoms with Gasteiger partial charge in [0.2, 0.25) is 0 Å². The van der Waals surface area contributed by atoms with Crippen molar-refractivity contribution in [3.63, 3.8) is 0 Å². The highest BCUT2D eigenvalue weighted by Crippen LogP contribution is 2.56. The number of fused-ring (bicyclic) bond motifs is 9.